The van der Waals surface area contributed by atoms with E-state index in [9.17, 15) is 25.9 Å². The molecule has 0 aliphatic heterocycles. The molecule has 0 heterocycles. The molecule has 0 bridgehead atoms. The van der Waals surface area contributed by atoms with E-state index < -0.39 is 38.8 Å². The van der Waals surface area contributed by atoms with E-state index in [0.29, 0.717) is 0 Å². The molecule has 0 radical (unpaired) electrons. The molecule has 6 aromatic rings. The fourth-order valence-corrected chi connectivity index (χ4v) is 8.24. The van der Waals surface area contributed by atoms with E-state index in [4.69, 9.17) is 12.6 Å². The van der Waals surface area contributed by atoms with Gasteiger partial charge in [-0.1, -0.05) is 97.1 Å². The minimum Gasteiger partial charge on any atom is -0.744 e. The molecule has 0 amide bonds. The predicted molar refractivity (Wildman–Crippen MR) is 186 cm³/mol. The van der Waals surface area contributed by atoms with Crippen LogP contribution < -0.4 is 105 Å². The fraction of sp³-hybridized carbons (Fsp3) is 0. The molecule has 248 valence electrons. The minimum atomic E-state index is -4.52. The number of hydrogen-bond acceptors (Lipinski definition) is 9. The summed E-state index contributed by atoms with van der Waals surface area (Å²) in [7, 11) is -13.1. The van der Waals surface area contributed by atoms with Crippen LogP contribution in [-0.2, 0) is 30.8 Å². The molecule has 6 rings (SSSR count). The molecule has 52 heavy (non-hydrogen) atoms. The normalized spacial score (nSPS) is 10.8. The van der Waals surface area contributed by atoms with Crippen molar-refractivity contribution in [2.45, 2.75) is 9.79 Å². The van der Waals surface area contributed by atoms with Crippen LogP contribution in [0.15, 0.2) is 155 Å². The van der Waals surface area contributed by atoms with E-state index in [0.717, 1.165) is 49.3 Å². The van der Waals surface area contributed by atoms with E-state index in [1.807, 2.05) is 48.5 Å². The van der Waals surface area contributed by atoms with Gasteiger partial charge in [-0.05, 0) is 75.9 Å². The molecule has 0 aliphatic rings. The van der Waals surface area contributed by atoms with Crippen LogP contribution in [0.4, 0.5) is 0 Å². The van der Waals surface area contributed by atoms with E-state index in [1.165, 1.54) is 24.3 Å². The molecule has 0 aromatic heterocycles. The molecule has 0 unspecified atom stereocenters. The summed E-state index contributed by atoms with van der Waals surface area (Å²) in [5.41, 5.74) is 5.56. The van der Waals surface area contributed by atoms with Crippen molar-refractivity contribution in [2.75, 3.05) is 0 Å². The first kappa shape index (κ1) is 46.3. The van der Waals surface area contributed by atoms with Crippen molar-refractivity contribution in [3.63, 3.8) is 0 Å². The summed E-state index contributed by atoms with van der Waals surface area (Å²) in [6, 6.07) is 47.4. The summed E-state index contributed by atoms with van der Waals surface area (Å²) in [6.07, 6.45) is 0. The predicted octanol–water partition coefficient (Wildman–Crippen LogP) is -3.94. The van der Waals surface area contributed by atoms with Gasteiger partial charge in [0.25, 0.3) is 0 Å². The zero-order chi connectivity index (χ0) is 35.2. The van der Waals surface area contributed by atoms with E-state index in [-0.39, 0.29) is 98.5 Å². The molecule has 0 aliphatic carbocycles. The summed E-state index contributed by atoms with van der Waals surface area (Å²) in [5, 5.41) is 3.35. The van der Waals surface area contributed by atoms with Crippen LogP contribution in [-0.4, -0.2) is 38.6 Å². The van der Waals surface area contributed by atoms with Crippen LogP contribution >= 0.6 is 7.92 Å². The molecular weight excluding hydrogens is 773 g/mol. The number of hydrogen-bond donors (Lipinski definition) is 0. The Kier molecular flexibility index (Phi) is 18.5. The third kappa shape index (κ3) is 12.6. The first-order valence-electron chi connectivity index (χ1n) is 14.3. The standard InChI is InChI=1S/C36H26O6PS2.3Na.O3S/c37-44(38,39)35-22-12-30(13-23-35)28-8-18-33(19-9-28)43(32-16-6-27(7-17-32)26-4-2-1-3-5-26)34-20-10-29(11-21-34)31-14-24-36(25-15-31)45(40,41)42;;;;1-4(2)3/h2-25H,(H,37,38,39)(H,40,41,42);;;;/q-1;3*+1;/p-2. The molecule has 0 fully saturated rings. The Morgan fingerprint density at radius 2 is 0.615 bits per heavy atom. The van der Waals surface area contributed by atoms with Gasteiger partial charge in [0, 0.05) is 0 Å². The summed E-state index contributed by atoms with van der Waals surface area (Å²) in [4.78, 5) is -0.531. The van der Waals surface area contributed by atoms with Gasteiger partial charge < -0.3 is 9.11 Å². The molecule has 6 aromatic carbocycles. The number of benzene rings is 6. The van der Waals surface area contributed by atoms with Gasteiger partial charge in [-0.3, -0.25) is 0 Å². The van der Waals surface area contributed by atoms with E-state index in [1.54, 1.807) is 24.3 Å². The molecular formula is C36H24Na3O9PS3. The molecule has 0 spiro atoms. The second-order valence-electron chi connectivity index (χ2n) is 10.4. The zero-order valence-corrected chi connectivity index (χ0v) is 37.5. The minimum absolute atomic E-state index is 0. The Hall–Kier alpha value is -1.81. The van der Waals surface area contributed by atoms with E-state index in [2.05, 4.69) is 54.6 Å². The molecule has 0 saturated heterocycles. The third-order valence-corrected chi connectivity index (χ3v) is 11.5. The molecule has 0 N–H and O–H groups in total. The van der Waals surface area contributed by atoms with Crippen molar-refractivity contribution in [3.05, 3.63) is 152 Å². The zero-order valence-electron chi connectivity index (χ0n) is 28.2. The quantitative estimate of drug-likeness (QED) is 0.0648. The van der Waals surface area contributed by atoms with Gasteiger partial charge in [-0.15, -0.1) is 18.2 Å². The first-order chi connectivity index (χ1) is 23.3. The van der Waals surface area contributed by atoms with Gasteiger partial charge in [0.15, 0.2) is 0 Å². The maximum Gasteiger partial charge on any atom is 1.00 e. The summed E-state index contributed by atoms with van der Waals surface area (Å²) in [6.45, 7) is 0. The van der Waals surface area contributed by atoms with Crippen LogP contribution in [0.1, 0.15) is 0 Å². The SMILES string of the molecule is O=S(=O)([O-])c1ccc(-c2ccc(P(c3ccc(-c4cc[c-]cc4)cc3)c3ccc(-c4ccc(S(=O)(=O)[O-])cc4)cc3)cc2)cc1.O=S(=O)=O.[Na+].[Na+].[Na+]. The second kappa shape index (κ2) is 20.8. The van der Waals surface area contributed by atoms with Crippen molar-refractivity contribution in [3.8, 4) is 33.4 Å². The van der Waals surface area contributed by atoms with Crippen LogP contribution in [0.2, 0.25) is 0 Å². The Balaban J connectivity index is 0.00000127. The number of rotatable bonds is 8. The summed E-state index contributed by atoms with van der Waals surface area (Å²) in [5.74, 6) is 0. The third-order valence-electron chi connectivity index (χ3n) is 7.38. The maximum atomic E-state index is 11.3. The van der Waals surface area contributed by atoms with Crippen molar-refractivity contribution in [1.82, 2.24) is 0 Å². The Labute approximate surface area is 372 Å². The van der Waals surface area contributed by atoms with Gasteiger partial charge in [0.1, 0.15) is 20.2 Å². The second-order valence-corrected chi connectivity index (χ2v) is 15.8. The largest absolute Gasteiger partial charge is 1.00 e. The summed E-state index contributed by atoms with van der Waals surface area (Å²) >= 11 is 0. The van der Waals surface area contributed by atoms with Gasteiger partial charge in [-0.25, -0.2) is 16.8 Å². The summed E-state index contributed by atoms with van der Waals surface area (Å²) < 4.78 is 93.3. The Morgan fingerprint density at radius 3 is 0.846 bits per heavy atom. The average molecular weight is 797 g/mol. The first-order valence-corrected chi connectivity index (χ1v) is 19.4. The van der Waals surface area contributed by atoms with Crippen molar-refractivity contribution >= 4 is 54.7 Å². The molecule has 0 atom stereocenters. The van der Waals surface area contributed by atoms with Gasteiger partial charge in [-0.2, -0.15) is 30.3 Å². The smallest absolute Gasteiger partial charge is 0.744 e. The van der Waals surface area contributed by atoms with Gasteiger partial charge >= 0.3 is 99.3 Å². The van der Waals surface area contributed by atoms with Crippen molar-refractivity contribution in [2.24, 2.45) is 0 Å². The molecule has 16 heteroatoms. The maximum absolute atomic E-state index is 11.3. The fourth-order valence-electron chi connectivity index (χ4n) is 5.06. The monoisotopic (exact) mass is 796 g/mol. The average Bonchev–Trinajstić information content (AvgIpc) is 3.09. The van der Waals surface area contributed by atoms with Gasteiger partial charge in [0.2, 0.25) is 0 Å². The van der Waals surface area contributed by atoms with Crippen LogP contribution in [0.25, 0.3) is 33.4 Å². The molecule has 0 saturated carbocycles. The van der Waals surface area contributed by atoms with Crippen molar-refractivity contribution < 1.29 is 127 Å². The van der Waals surface area contributed by atoms with Crippen molar-refractivity contribution in [1.29, 1.82) is 0 Å². The Morgan fingerprint density at radius 1 is 0.404 bits per heavy atom. The van der Waals surface area contributed by atoms with Crippen LogP contribution in [0.3, 0.4) is 0 Å². The van der Waals surface area contributed by atoms with E-state index >= 15 is 0 Å². The van der Waals surface area contributed by atoms with Crippen LogP contribution in [0, 0.1) is 6.07 Å². The van der Waals surface area contributed by atoms with Crippen LogP contribution in [0.5, 0.6) is 0 Å². The topological polar surface area (TPSA) is 166 Å². The van der Waals surface area contributed by atoms with Gasteiger partial charge in [0.05, 0.1) is 9.79 Å². The Bertz CT molecular complexity index is 2270. The molecule has 9 nitrogen and oxygen atoms in total.